The number of hydrogen-bond donors (Lipinski definition) is 0. The molecule has 0 spiro atoms. The lowest BCUT2D eigenvalue weighted by atomic mass is 10.9. The van der Waals surface area contributed by atoms with Gasteiger partial charge in [-0.05, 0) is 5.22 Å². The van der Waals surface area contributed by atoms with Gasteiger partial charge in [-0.25, -0.2) is 0 Å². The Morgan fingerprint density at radius 2 is 2.00 bits per heavy atom. The maximum Gasteiger partial charge on any atom is 0.106 e. The van der Waals surface area contributed by atoms with Crippen LogP contribution in [0.25, 0.3) is 0 Å². The van der Waals surface area contributed by atoms with Crippen molar-refractivity contribution in [2.45, 2.75) is 19.6 Å². The van der Waals surface area contributed by atoms with Crippen LogP contribution >= 0.6 is 0 Å². The van der Waals surface area contributed by atoms with Crippen LogP contribution in [-0.2, 0) is 0 Å². The largest absolute Gasteiger partial charge is 0.139 e. The van der Waals surface area contributed by atoms with E-state index in [0.29, 0.717) is 0 Å². The molecule has 0 unspecified atom stereocenters. The number of nitrogens with zero attached hydrogens (tertiary/aromatic N) is 3. The van der Waals surface area contributed by atoms with E-state index in [1.54, 1.807) is 6.20 Å². The summed E-state index contributed by atoms with van der Waals surface area (Å²) in [4.78, 5) is 0. The fraction of sp³-hybridized carbons (Fsp3) is 0.600. The lowest BCUT2D eigenvalue weighted by Crippen LogP contribution is -2.21. The van der Waals surface area contributed by atoms with E-state index >= 15 is 0 Å². The summed E-state index contributed by atoms with van der Waals surface area (Å²) in [5, 5.41) is 8.50. The van der Waals surface area contributed by atoms with E-state index < -0.39 is 8.07 Å². The zero-order valence-electron chi connectivity index (χ0n) is 5.92. The molecular formula is C5H10N3Si. The Balaban J connectivity index is 2.73. The van der Waals surface area contributed by atoms with Crippen LogP contribution in [-0.4, -0.2) is 8.07 Å². The Kier molecular flexibility index (Phi) is 1.40. The summed E-state index contributed by atoms with van der Waals surface area (Å²) in [7, 11) is -1.22. The standard InChI is InChI=1S/C5H10N3Si/c1-9(2,3)5-4-6-8-7-5/h4H,1-3H3. The third-order valence-corrected chi connectivity index (χ3v) is 2.92. The Morgan fingerprint density at radius 3 is 2.22 bits per heavy atom. The lowest BCUT2D eigenvalue weighted by Gasteiger charge is -2.10. The molecule has 0 fully saturated rings. The predicted octanol–water partition coefficient (Wildman–Crippen LogP) is 1.69. The minimum atomic E-state index is -1.22. The van der Waals surface area contributed by atoms with Gasteiger partial charge in [-0.1, -0.05) is 19.6 Å². The molecule has 0 aromatic heterocycles. The van der Waals surface area contributed by atoms with Gasteiger partial charge in [0.15, 0.2) is 0 Å². The van der Waals surface area contributed by atoms with Crippen molar-refractivity contribution in [2.75, 3.05) is 0 Å². The van der Waals surface area contributed by atoms with Crippen LogP contribution in [0.1, 0.15) is 0 Å². The Morgan fingerprint density at radius 1 is 1.33 bits per heavy atom. The molecule has 0 amide bonds. The van der Waals surface area contributed by atoms with Gasteiger partial charge in [0.25, 0.3) is 0 Å². The monoisotopic (exact) mass is 140 g/mol. The molecule has 0 atom stereocenters. The van der Waals surface area contributed by atoms with Crippen LogP contribution in [0.5, 0.6) is 0 Å². The summed E-state index contributed by atoms with van der Waals surface area (Å²) in [5.74, 6) is 0. The first-order valence-corrected chi connectivity index (χ1v) is 6.42. The third kappa shape index (κ3) is 1.38. The molecule has 0 N–H and O–H groups in total. The third-order valence-electron chi connectivity index (χ3n) is 1.15. The van der Waals surface area contributed by atoms with Gasteiger partial charge >= 0.3 is 0 Å². The van der Waals surface area contributed by atoms with E-state index in [1.807, 2.05) is 0 Å². The van der Waals surface area contributed by atoms with Gasteiger partial charge < -0.3 is 0 Å². The molecule has 0 saturated heterocycles. The normalized spacial score (nSPS) is 17.4. The first-order valence-electron chi connectivity index (χ1n) is 2.92. The van der Waals surface area contributed by atoms with Gasteiger partial charge in [-0.2, -0.15) is 0 Å². The van der Waals surface area contributed by atoms with Crippen LogP contribution in [0.2, 0.25) is 19.6 Å². The van der Waals surface area contributed by atoms with E-state index in [-0.39, 0.29) is 0 Å². The minimum Gasteiger partial charge on any atom is -0.139 e. The van der Waals surface area contributed by atoms with Crippen molar-refractivity contribution in [3.63, 3.8) is 0 Å². The molecular weight excluding hydrogens is 130 g/mol. The van der Waals surface area contributed by atoms with E-state index in [1.165, 1.54) is 0 Å². The average Bonchev–Trinajstić information content (AvgIpc) is 2.08. The molecule has 1 rings (SSSR count). The highest BCUT2D eigenvalue weighted by Crippen LogP contribution is 2.17. The SMILES string of the molecule is C[Si](C)(C)C1=C[N]N=N1. The fourth-order valence-electron chi connectivity index (χ4n) is 0.524. The number of rotatable bonds is 1. The first kappa shape index (κ1) is 6.48. The first-order chi connectivity index (χ1) is 4.11. The van der Waals surface area contributed by atoms with Crippen molar-refractivity contribution in [1.82, 2.24) is 5.43 Å². The molecule has 1 aliphatic heterocycles. The van der Waals surface area contributed by atoms with Crippen molar-refractivity contribution < 1.29 is 0 Å². The van der Waals surface area contributed by atoms with Crippen LogP contribution in [0.4, 0.5) is 0 Å². The van der Waals surface area contributed by atoms with Crippen LogP contribution in [0.15, 0.2) is 21.9 Å². The molecule has 0 aliphatic carbocycles. The molecule has 0 bridgehead atoms. The van der Waals surface area contributed by atoms with E-state index in [2.05, 4.69) is 35.4 Å². The average molecular weight is 140 g/mol. The molecule has 1 heterocycles. The molecule has 0 aromatic carbocycles. The molecule has 0 aromatic rings. The highest BCUT2D eigenvalue weighted by atomic mass is 28.3. The molecule has 4 heteroatoms. The van der Waals surface area contributed by atoms with E-state index in [0.717, 1.165) is 5.32 Å². The van der Waals surface area contributed by atoms with Gasteiger partial charge in [-0.15, -0.1) is 10.5 Å². The van der Waals surface area contributed by atoms with Crippen molar-refractivity contribution in [2.24, 2.45) is 10.3 Å². The topological polar surface area (TPSA) is 38.8 Å². The molecule has 9 heavy (non-hydrogen) atoms. The second-order valence-corrected chi connectivity index (χ2v) is 8.08. The highest BCUT2D eigenvalue weighted by Gasteiger charge is 2.21. The Labute approximate surface area is 55.9 Å². The summed E-state index contributed by atoms with van der Waals surface area (Å²) in [6.07, 6.45) is 1.76. The van der Waals surface area contributed by atoms with Crippen molar-refractivity contribution in [3.05, 3.63) is 11.5 Å². The maximum atomic E-state index is 3.89. The van der Waals surface area contributed by atoms with Crippen molar-refractivity contribution in [3.8, 4) is 0 Å². The van der Waals surface area contributed by atoms with Gasteiger partial charge in [0.1, 0.15) is 8.07 Å². The zero-order valence-corrected chi connectivity index (χ0v) is 6.92. The quantitative estimate of drug-likeness (QED) is 0.497. The summed E-state index contributed by atoms with van der Waals surface area (Å²) in [6.45, 7) is 6.66. The predicted molar refractivity (Wildman–Crippen MR) is 38.4 cm³/mol. The van der Waals surface area contributed by atoms with Gasteiger partial charge in [0, 0.05) is 0 Å². The van der Waals surface area contributed by atoms with Crippen molar-refractivity contribution in [1.29, 1.82) is 0 Å². The second kappa shape index (κ2) is 1.95. The summed E-state index contributed by atoms with van der Waals surface area (Å²) in [5.41, 5.74) is 3.66. The summed E-state index contributed by atoms with van der Waals surface area (Å²) in [6, 6.07) is 0. The van der Waals surface area contributed by atoms with Gasteiger partial charge in [-0.3, -0.25) is 0 Å². The molecule has 3 nitrogen and oxygen atoms in total. The van der Waals surface area contributed by atoms with Gasteiger partial charge in [0.2, 0.25) is 0 Å². The van der Waals surface area contributed by atoms with Crippen LogP contribution < -0.4 is 5.43 Å². The van der Waals surface area contributed by atoms with Crippen LogP contribution in [0, 0.1) is 0 Å². The second-order valence-electron chi connectivity index (χ2n) is 3.07. The molecule has 1 aliphatic rings. The van der Waals surface area contributed by atoms with Crippen molar-refractivity contribution >= 4 is 8.07 Å². The Bertz CT molecular complexity index is 166. The lowest BCUT2D eigenvalue weighted by molar-refractivity contribution is 0.904. The number of hydrogen-bond acceptors (Lipinski definition) is 2. The summed E-state index contributed by atoms with van der Waals surface area (Å²) < 4.78 is 0. The summed E-state index contributed by atoms with van der Waals surface area (Å²) >= 11 is 0. The highest BCUT2D eigenvalue weighted by molar-refractivity contribution is 6.82. The molecule has 1 radical (unpaired) electrons. The zero-order chi connectivity index (χ0) is 6.91. The Hall–Kier alpha value is -0.643. The smallest absolute Gasteiger partial charge is 0.106 e. The van der Waals surface area contributed by atoms with Crippen LogP contribution in [0.3, 0.4) is 0 Å². The maximum absolute atomic E-state index is 3.89. The minimum absolute atomic E-state index is 1.09. The van der Waals surface area contributed by atoms with E-state index in [9.17, 15) is 0 Å². The van der Waals surface area contributed by atoms with E-state index in [4.69, 9.17) is 0 Å². The fourth-order valence-corrected chi connectivity index (χ4v) is 1.31. The van der Waals surface area contributed by atoms with Gasteiger partial charge in [0.05, 0.1) is 11.5 Å². The molecule has 49 valence electrons. The molecule has 0 saturated carbocycles.